The van der Waals surface area contributed by atoms with Crippen molar-refractivity contribution in [1.29, 1.82) is 0 Å². The SMILES string of the molecule is C=C1C(O)=C(C(N)=O)C(=O)C2C(=O)C3=C(O)c4c(ccc(C(C)=O)c4O)[C@H](C)C3CC12. The van der Waals surface area contributed by atoms with Gasteiger partial charge in [0.05, 0.1) is 17.0 Å². The number of carbonyl (C=O) groups is 4. The van der Waals surface area contributed by atoms with E-state index in [1.54, 1.807) is 6.07 Å². The number of hydrogen-bond donors (Lipinski definition) is 4. The largest absolute Gasteiger partial charge is 0.507 e. The van der Waals surface area contributed by atoms with Crippen LogP contribution in [0.25, 0.3) is 5.76 Å². The molecule has 0 bridgehead atoms. The van der Waals surface area contributed by atoms with Gasteiger partial charge in [0.2, 0.25) is 0 Å². The molecule has 3 unspecified atom stereocenters. The summed E-state index contributed by atoms with van der Waals surface area (Å²) in [5.41, 5.74) is 5.15. The van der Waals surface area contributed by atoms with Crippen molar-refractivity contribution in [3.63, 3.8) is 0 Å². The summed E-state index contributed by atoms with van der Waals surface area (Å²) in [5.74, 6) is -7.67. The molecular weight excluding hydrogens is 402 g/mol. The van der Waals surface area contributed by atoms with Crippen molar-refractivity contribution in [2.75, 3.05) is 0 Å². The van der Waals surface area contributed by atoms with E-state index in [1.165, 1.54) is 13.0 Å². The van der Waals surface area contributed by atoms with Gasteiger partial charge in [0.15, 0.2) is 17.3 Å². The predicted molar refractivity (Wildman–Crippen MR) is 109 cm³/mol. The van der Waals surface area contributed by atoms with Gasteiger partial charge in [0.25, 0.3) is 5.91 Å². The Kier molecular flexibility index (Phi) is 4.43. The maximum Gasteiger partial charge on any atom is 0.256 e. The normalized spacial score (nSPS) is 27.6. The van der Waals surface area contributed by atoms with Gasteiger partial charge < -0.3 is 21.1 Å². The smallest absolute Gasteiger partial charge is 0.256 e. The Morgan fingerprint density at radius 2 is 1.71 bits per heavy atom. The molecule has 3 aliphatic rings. The molecule has 0 heterocycles. The van der Waals surface area contributed by atoms with Gasteiger partial charge in [-0.15, -0.1) is 0 Å². The minimum Gasteiger partial charge on any atom is -0.507 e. The van der Waals surface area contributed by atoms with Gasteiger partial charge in [0.1, 0.15) is 22.8 Å². The van der Waals surface area contributed by atoms with Crippen LogP contribution in [-0.4, -0.2) is 38.6 Å². The third-order valence-corrected chi connectivity index (χ3v) is 6.77. The van der Waals surface area contributed by atoms with E-state index in [0.29, 0.717) is 5.56 Å². The van der Waals surface area contributed by atoms with Crippen LogP contribution in [-0.2, 0) is 14.4 Å². The predicted octanol–water partition coefficient (Wildman–Crippen LogP) is 2.24. The summed E-state index contributed by atoms with van der Waals surface area (Å²) >= 11 is 0. The van der Waals surface area contributed by atoms with Crippen molar-refractivity contribution in [2.45, 2.75) is 26.2 Å². The van der Waals surface area contributed by atoms with Gasteiger partial charge >= 0.3 is 0 Å². The van der Waals surface area contributed by atoms with Crippen LogP contribution in [0.15, 0.2) is 41.2 Å². The quantitative estimate of drug-likeness (QED) is 0.323. The number of amides is 1. The Balaban J connectivity index is 1.93. The van der Waals surface area contributed by atoms with E-state index in [0.717, 1.165) is 0 Å². The highest BCUT2D eigenvalue weighted by Gasteiger charge is 2.54. The number of rotatable bonds is 2. The zero-order valence-electron chi connectivity index (χ0n) is 16.9. The number of fused-ring (bicyclic) bond motifs is 3. The fourth-order valence-corrected chi connectivity index (χ4v) is 5.17. The van der Waals surface area contributed by atoms with E-state index in [2.05, 4.69) is 6.58 Å². The number of aliphatic hydroxyl groups excluding tert-OH is 2. The van der Waals surface area contributed by atoms with Crippen molar-refractivity contribution in [3.8, 4) is 5.75 Å². The monoisotopic (exact) mass is 423 g/mol. The molecule has 0 saturated heterocycles. The van der Waals surface area contributed by atoms with Gasteiger partial charge in [-0.1, -0.05) is 19.6 Å². The minimum absolute atomic E-state index is 0.00340. The molecule has 8 heteroatoms. The fourth-order valence-electron chi connectivity index (χ4n) is 5.17. The highest BCUT2D eigenvalue weighted by atomic mass is 16.3. The third kappa shape index (κ3) is 2.60. The van der Waals surface area contributed by atoms with Crippen LogP contribution >= 0.6 is 0 Å². The molecule has 0 spiro atoms. The number of hydrogen-bond acceptors (Lipinski definition) is 7. The summed E-state index contributed by atoms with van der Waals surface area (Å²) in [6.07, 6.45) is 0.215. The number of Topliss-reactive ketones (excluding diaryl/α,β-unsaturated/α-hetero) is 3. The maximum absolute atomic E-state index is 13.4. The van der Waals surface area contributed by atoms with E-state index in [9.17, 15) is 34.5 Å². The molecule has 8 nitrogen and oxygen atoms in total. The Morgan fingerprint density at radius 1 is 1.06 bits per heavy atom. The molecule has 0 radical (unpaired) electrons. The standard InChI is InChI=1S/C23H21NO7/c1-7-10-4-5-11(9(3)25)19(27)14(10)20(28)15-12(7)6-13-8(2)18(26)17(23(24)31)22(30)16(13)21(15)29/h4-5,7,12-13,16,26-28H,2,6H2,1,3H3,(H2,24,31)/t7-,12?,13?,16?/m0/s1. The third-order valence-electron chi connectivity index (χ3n) is 6.77. The molecule has 1 saturated carbocycles. The highest BCUT2D eigenvalue weighted by Crippen LogP contribution is 2.54. The Morgan fingerprint density at radius 3 is 2.29 bits per heavy atom. The zero-order valence-corrected chi connectivity index (χ0v) is 16.9. The Bertz CT molecular complexity index is 1190. The second-order valence-electron chi connectivity index (χ2n) is 8.30. The first-order valence-corrected chi connectivity index (χ1v) is 9.79. The zero-order chi connectivity index (χ0) is 22.9. The van der Waals surface area contributed by atoms with Crippen molar-refractivity contribution < 1.29 is 34.5 Å². The molecular formula is C23H21NO7. The van der Waals surface area contributed by atoms with E-state index in [-0.39, 0.29) is 34.6 Å². The van der Waals surface area contributed by atoms with Crippen LogP contribution in [0.1, 0.15) is 47.7 Å². The number of nitrogens with two attached hydrogens (primary N) is 1. The molecule has 1 fully saturated rings. The molecule has 4 rings (SSSR count). The second-order valence-corrected chi connectivity index (χ2v) is 8.30. The fraction of sp³-hybridized carbons (Fsp3) is 0.304. The maximum atomic E-state index is 13.4. The lowest BCUT2D eigenvalue weighted by Gasteiger charge is -2.44. The summed E-state index contributed by atoms with van der Waals surface area (Å²) in [6, 6.07) is 3.10. The molecule has 4 atom stereocenters. The first-order chi connectivity index (χ1) is 14.5. The number of allylic oxidation sites excluding steroid dienone is 2. The number of phenols is 1. The summed E-state index contributed by atoms with van der Waals surface area (Å²) < 4.78 is 0. The molecule has 1 aromatic rings. The van der Waals surface area contributed by atoms with Crippen molar-refractivity contribution >= 4 is 29.0 Å². The number of phenolic OH excluding ortho intramolecular Hbond substituents is 1. The van der Waals surface area contributed by atoms with Crippen LogP contribution < -0.4 is 5.73 Å². The van der Waals surface area contributed by atoms with Crippen LogP contribution in [0, 0.1) is 17.8 Å². The number of carbonyl (C=O) groups excluding carboxylic acids is 4. The molecule has 31 heavy (non-hydrogen) atoms. The molecule has 5 N–H and O–H groups in total. The van der Waals surface area contributed by atoms with Crippen LogP contribution in [0.4, 0.5) is 0 Å². The minimum atomic E-state index is -1.36. The van der Waals surface area contributed by atoms with E-state index < -0.39 is 63.9 Å². The summed E-state index contributed by atoms with van der Waals surface area (Å²) in [5, 5.41) is 32.0. The molecule has 0 aliphatic heterocycles. The van der Waals surface area contributed by atoms with Gasteiger partial charge in [-0.3, -0.25) is 19.2 Å². The number of aliphatic hydroxyl groups is 2. The topological polar surface area (TPSA) is 155 Å². The van der Waals surface area contributed by atoms with Crippen molar-refractivity contribution in [3.05, 3.63) is 57.9 Å². The Hall–Kier alpha value is -3.68. The lowest BCUT2D eigenvalue weighted by atomic mass is 9.57. The average molecular weight is 423 g/mol. The first kappa shape index (κ1) is 20.6. The molecule has 3 aliphatic carbocycles. The number of ketones is 3. The molecule has 1 aromatic carbocycles. The number of benzene rings is 1. The summed E-state index contributed by atoms with van der Waals surface area (Å²) in [4.78, 5) is 49.9. The number of aromatic hydroxyl groups is 1. The van der Waals surface area contributed by atoms with Crippen LogP contribution in [0.3, 0.4) is 0 Å². The summed E-state index contributed by atoms with van der Waals surface area (Å²) in [7, 11) is 0. The van der Waals surface area contributed by atoms with E-state index >= 15 is 0 Å². The van der Waals surface area contributed by atoms with Crippen LogP contribution in [0.2, 0.25) is 0 Å². The lowest BCUT2D eigenvalue weighted by molar-refractivity contribution is -0.134. The second kappa shape index (κ2) is 6.66. The molecule has 1 amide bonds. The van der Waals surface area contributed by atoms with Gasteiger partial charge in [-0.25, -0.2) is 0 Å². The lowest BCUT2D eigenvalue weighted by Crippen LogP contribution is -2.48. The van der Waals surface area contributed by atoms with Gasteiger partial charge in [-0.05, 0) is 42.4 Å². The first-order valence-electron chi connectivity index (χ1n) is 9.79. The highest BCUT2D eigenvalue weighted by molar-refractivity contribution is 6.29. The van der Waals surface area contributed by atoms with Gasteiger partial charge in [0, 0.05) is 11.5 Å². The van der Waals surface area contributed by atoms with Gasteiger partial charge in [-0.2, -0.15) is 0 Å². The number of primary amides is 1. The van der Waals surface area contributed by atoms with E-state index in [1.807, 2.05) is 6.92 Å². The summed E-state index contributed by atoms with van der Waals surface area (Å²) in [6.45, 7) is 6.86. The molecule has 0 aromatic heterocycles. The van der Waals surface area contributed by atoms with Crippen LogP contribution in [0.5, 0.6) is 5.75 Å². The van der Waals surface area contributed by atoms with E-state index in [4.69, 9.17) is 5.73 Å². The van der Waals surface area contributed by atoms with Crippen molar-refractivity contribution in [1.82, 2.24) is 0 Å². The average Bonchev–Trinajstić information content (AvgIpc) is 2.68. The Labute approximate surface area is 177 Å². The molecule has 160 valence electrons. The van der Waals surface area contributed by atoms with Crippen molar-refractivity contribution in [2.24, 2.45) is 23.5 Å².